The molecule has 0 atom stereocenters. The minimum atomic E-state index is -0.580. The molecule has 0 spiro atoms. The predicted octanol–water partition coefficient (Wildman–Crippen LogP) is 3.86. The summed E-state index contributed by atoms with van der Waals surface area (Å²) in [4.78, 5) is 12.0. The van der Waals surface area contributed by atoms with Crippen LogP contribution in [0.2, 0.25) is 0 Å². The molecule has 4 nitrogen and oxygen atoms in total. The van der Waals surface area contributed by atoms with Gasteiger partial charge in [0.15, 0.2) is 5.82 Å². The molecule has 2 N–H and O–H groups in total. The molecule has 1 aromatic heterocycles. The van der Waals surface area contributed by atoms with Gasteiger partial charge in [0.1, 0.15) is 5.82 Å². The molecule has 106 valence electrons. The van der Waals surface area contributed by atoms with Crippen molar-refractivity contribution in [3.05, 3.63) is 45.8 Å². The van der Waals surface area contributed by atoms with Gasteiger partial charge in [-0.15, -0.1) is 0 Å². The summed E-state index contributed by atoms with van der Waals surface area (Å²) in [5.41, 5.74) is 0.774. The van der Waals surface area contributed by atoms with E-state index in [2.05, 4.69) is 31.4 Å². The monoisotopic (exact) mass is 339 g/mol. The second kappa shape index (κ2) is 5.36. The summed E-state index contributed by atoms with van der Waals surface area (Å²) in [6, 6.07) is 6.03. The predicted molar refractivity (Wildman–Crippen MR) is 79.3 cm³/mol. The number of benzene rings is 1. The Morgan fingerprint density at radius 1 is 1.35 bits per heavy atom. The zero-order chi connectivity index (χ0) is 14.9. The van der Waals surface area contributed by atoms with E-state index in [0.717, 1.165) is 5.69 Å². The van der Waals surface area contributed by atoms with Crippen molar-refractivity contribution in [3.8, 4) is 0 Å². The van der Waals surface area contributed by atoms with Gasteiger partial charge in [0.2, 0.25) is 0 Å². The van der Waals surface area contributed by atoms with Crippen molar-refractivity contribution in [1.82, 2.24) is 10.2 Å². The van der Waals surface area contributed by atoms with E-state index in [9.17, 15) is 9.18 Å². The molecule has 20 heavy (non-hydrogen) atoms. The number of carbonyl (C=O) groups is 1. The lowest BCUT2D eigenvalue weighted by molar-refractivity contribution is 0.102. The van der Waals surface area contributed by atoms with Crippen molar-refractivity contribution in [3.63, 3.8) is 0 Å². The van der Waals surface area contributed by atoms with Crippen LogP contribution in [0.1, 0.15) is 36.8 Å². The summed E-state index contributed by atoms with van der Waals surface area (Å²) < 4.78 is 14.3. The van der Waals surface area contributed by atoms with E-state index in [1.165, 1.54) is 12.1 Å². The first-order valence-electron chi connectivity index (χ1n) is 6.09. The molecule has 0 aliphatic rings. The largest absolute Gasteiger partial charge is 0.305 e. The smallest absolute Gasteiger partial charge is 0.259 e. The van der Waals surface area contributed by atoms with Gasteiger partial charge in [-0.3, -0.25) is 9.89 Å². The third kappa shape index (κ3) is 3.25. The molecule has 6 heteroatoms. The molecule has 0 unspecified atom stereocenters. The SMILES string of the molecule is CC(C)(C)c1cc(NC(=O)c2ccc(Br)cc2F)n[nH]1. The average molecular weight is 340 g/mol. The molecular formula is C14H15BrFN3O. The molecule has 1 amide bonds. The molecule has 2 rings (SSSR count). The summed E-state index contributed by atoms with van der Waals surface area (Å²) in [5.74, 6) is -0.729. The molecule has 0 radical (unpaired) electrons. The van der Waals surface area contributed by atoms with Crippen molar-refractivity contribution in [2.75, 3.05) is 5.32 Å². The van der Waals surface area contributed by atoms with E-state index in [4.69, 9.17) is 0 Å². The highest BCUT2D eigenvalue weighted by Crippen LogP contribution is 2.22. The lowest BCUT2D eigenvalue weighted by Gasteiger charge is -2.14. The molecule has 2 aromatic rings. The van der Waals surface area contributed by atoms with Crippen molar-refractivity contribution in [1.29, 1.82) is 0 Å². The van der Waals surface area contributed by atoms with Crippen LogP contribution in [-0.4, -0.2) is 16.1 Å². The van der Waals surface area contributed by atoms with Crippen LogP contribution in [-0.2, 0) is 5.41 Å². The van der Waals surface area contributed by atoms with Gasteiger partial charge in [0, 0.05) is 21.6 Å². The lowest BCUT2D eigenvalue weighted by atomic mass is 9.92. The number of aromatic amines is 1. The fourth-order valence-corrected chi connectivity index (χ4v) is 1.96. The van der Waals surface area contributed by atoms with Crippen LogP contribution in [0.4, 0.5) is 10.2 Å². The van der Waals surface area contributed by atoms with E-state index in [1.807, 2.05) is 20.8 Å². The highest BCUT2D eigenvalue weighted by atomic mass is 79.9. The topological polar surface area (TPSA) is 57.8 Å². The molecular weight excluding hydrogens is 325 g/mol. The Bertz CT molecular complexity index is 646. The van der Waals surface area contributed by atoms with Gasteiger partial charge in [-0.25, -0.2) is 4.39 Å². The molecule has 1 aromatic carbocycles. The molecule has 1 heterocycles. The zero-order valence-electron chi connectivity index (χ0n) is 11.4. The fraction of sp³-hybridized carbons (Fsp3) is 0.286. The Morgan fingerprint density at radius 2 is 2.05 bits per heavy atom. The minimum absolute atomic E-state index is 0.0199. The standard InChI is InChI=1S/C14H15BrFN3O/c1-14(2,3)11-7-12(19-18-11)17-13(20)9-5-4-8(15)6-10(9)16/h4-7H,1-3H3,(H2,17,18,19,20). The maximum absolute atomic E-state index is 13.7. The van der Waals surface area contributed by atoms with Gasteiger partial charge in [0.25, 0.3) is 5.91 Å². The van der Waals surface area contributed by atoms with Crippen molar-refractivity contribution in [2.24, 2.45) is 0 Å². The summed E-state index contributed by atoms with van der Waals surface area (Å²) >= 11 is 3.15. The highest BCUT2D eigenvalue weighted by molar-refractivity contribution is 9.10. The minimum Gasteiger partial charge on any atom is -0.305 e. The van der Waals surface area contributed by atoms with Gasteiger partial charge >= 0.3 is 0 Å². The normalized spacial score (nSPS) is 11.4. The number of nitrogens with one attached hydrogen (secondary N) is 2. The van der Waals surface area contributed by atoms with Crippen LogP contribution in [0.5, 0.6) is 0 Å². The maximum Gasteiger partial charge on any atom is 0.259 e. The quantitative estimate of drug-likeness (QED) is 0.872. The maximum atomic E-state index is 13.7. The summed E-state index contributed by atoms with van der Waals surface area (Å²) in [5, 5.41) is 9.44. The first kappa shape index (κ1) is 14.7. The lowest BCUT2D eigenvalue weighted by Crippen LogP contribution is -2.14. The van der Waals surface area contributed by atoms with Crippen LogP contribution in [0.15, 0.2) is 28.7 Å². The Kier molecular flexibility index (Phi) is 3.94. The summed E-state index contributed by atoms with van der Waals surface area (Å²) in [6.07, 6.45) is 0. The first-order chi connectivity index (χ1) is 9.27. The number of rotatable bonds is 2. The number of hydrogen-bond donors (Lipinski definition) is 2. The van der Waals surface area contributed by atoms with Gasteiger partial charge in [-0.2, -0.15) is 5.10 Å². The van der Waals surface area contributed by atoms with E-state index >= 15 is 0 Å². The summed E-state index contributed by atoms with van der Waals surface area (Å²) in [6.45, 7) is 6.08. The molecule has 0 aliphatic carbocycles. The first-order valence-corrected chi connectivity index (χ1v) is 6.89. The number of carbonyl (C=O) groups excluding carboxylic acids is 1. The molecule has 0 saturated carbocycles. The number of hydrogen-bond acceptors (Lipinski definition) is 2. The number of H-pyrrole nitrogens is 1. The number of nitrogens with zero attached hydrogens (tertiary/aromatic N) is 1. The van der Waals surface area contributed by atoms with Gasteiger partial charge in [-0.1, -0.05) is 36.7 Å². The zero-order valence-corrected chi connectivity index (χ0v) is 13.0. The van der Waals surface area contributed by atoms with Crippen molar-refractivity contribution < 1.29 is 9.18 Å². The number of aromatic nitrogens is 2. The third-order valence-electron chi connectivity index (χ3n) is 2.80. The molecule has 0 aliphatic heterocycles. The Balaban J connectivity index is 2.17. The molecule has 0 bridgehead atoms. The van der Waals surface area contributed by atoms with Crippen LogP contribution < -0.4 is 5.32 Å². The Morgan fingerprint density at radius 3 is 2.60 bits per heavy atom. The molecule has 0 saturated heterocycles. The van der Waals surface area contributed by atoms with E-state index in [-0.39, 0.29) is 11.0 Å². The van der Waals surface area contributed by atoms with E-state index in [1.54, 1.807) is 12.1 Å². The second-order valence-electron chi connectivity index (χ2n) is 5.50. The van der Waals surface area contributed by atoms with Crippen LogP contribution in [0, 0.1) is 5.82 Å². The van der Waals surface area contributed by atoms with E-state index < -0.39 is 11.7 Å². The van der Waals surface area contributed by atoms with Crippen molar-refractivity contribution >= 4 is 27.7 Å². The number of anilines is 1. The Hall–Kier alpha value is -1.69. The third-order valence-corrected chi connectivity index (χ3v) is 3.30. The summed E-state index contributed by atoms with van der Waals surface area (Å²) in [7, 11) is 0. The number of halogens is 2. The fourth-order valence-electron chi connectivity index (χ4n) is 1.63. The average Bonchev–Trinajstić information content (AvgIpc) is 2.76. The van der Waals surface area contributed by atoms with Crippen LogP contribution in [0.3, 0.4) is 0 Å². The van der Waals surface area contributed by atoms with Crippen LogP contribution >= 0.6 is 15.9 Å². The second-order valence-corrected chi connectivity index (χ2v) is 6.41. The van der Waals surface area contributed by atoms with Gasteiger partial charge in [-0.05, 0) is 18.2 Å². The van der Waals surface area contributed by atoms with Crippen LogP contribution in [0.25, 0.3) is 0 Å². The highest BCUT2D eigenvalue weighted by Gasteiger charge is 2.18. The van der Waals surface area contributed by atoms with Gasteiger partial charge < -0.3 is 5.32 Å². The Labute approximate surface area is 124 Å². The van der Waals surface area contributed by atoms with E-state index in [0.29, 0.717) is 10.3 Å². The molecule has 0 fully saturated rings. The van der Waals surface area contributed by atoms with Crippen molar-refractivity contribution in [2.45, 2.75) is 26.2 Å². The number of amides is 1. The van der Waals surface area contributed by atoms with Gasteiger partial charge in [0.05, 0.1) is 5.56 Å².